The zero-order valence-corrected chi connectivity index (χ0v) is 14.9. The highest BCUT2D eigenvalue weighted by Gasteiger charge is 2.14. The van der Waals surface area contributed by atoms with Crippen LogP contribution in [0.15, 0.2) is 56.7 Å². The van der Waals surface area contributed by atoms with Crippen LogP contribution in [0, 0.1) is 0 Å². The molecule has 0 aliphatic rings. The summed E-state index contributed by atoms with van der Waals surface area (Å²) in [7, 11) is 0. The summed E-state index contributed by atoms with van der Waals surface area (Å²) in [5, 5.41) is 10.9. The SMILES string of the molecule is CCCC(=O)Nc1ccc(C(=O)CSc2nnc(-c3ccco3)o2)cc1. The van der Waals surface area contributed by atoms with Gasteiger partial charge in [-0.25, -0.2) is 0 Å². The predicted octanol–water partition coefficient (Wildman–Crippen LogP) is 4.04. The molecule has 0 radical (unpaired) electrons. The molecule has 7 nitrogen and oxygen atoms in total. The maximum atomic E-state index is 12.3. The summed E-state index contributed by atoms with van der Waals surface area (Å²) in [4.78, 5) is 23.8. The Balaban J connectivity index is 1.54. The normalized spacial score (nSPS) is 10.7. The number of hydrogen-bond donors (Lipinski definition) is 1. The molecule has 2 heterocycles. The Labute approximate surface area is 154 Å². The summed E-state index contributed by atoms with van der Waals surface area (Å²) < 4.78 is 10.6. The third-order valence-electron chi connectivity index (χ3n) is 3.43. The van der Waals surface area contributed by atoms with E-state index in [0.717, 1.165) is 18.2 Å². The summed E-state index contributed by atoms with van der Waals surface area (Å²) >= 11 is 1.16. The Morgan fingerprint density at radius 1 is 1.15 bits per heavy atom. The number of thioether (sulfide) groups is 1. The van der Waals surface area contributed by atoms with Gasteiger partial charge in [-0.2, -0.15) is 0 Å². The number of nitrogens with zero attached hydrogens (tertiary/aromatic N) is 2. The summed E-state index contributed by atoms with van der Waals surface area (Å²) in [5.41, 5.74) is 1.23. The maximum Gasteiger partial charge on any atom is 0.284 e. The minimum Gasteiger partial charge on any atom is -0.459 e. The molecule has 1 N–H and O–H groups in total. The van der Waals surface area contributed by atoms with Gasteiger partial charge in [0, 0.05) is 17.7 Å². The second-order valence-corrected chi connectivity index (χ2v) is 6.36. The van der Waals surface area contributed by atoms with E-state index in [-0.39, 0.29) is 23.3 Å². The van der Waals surface area contributed by atoms with Gasteiger partial charge in [-0.05, 0) is 42.8 Å². The Morgan fingerprint density at radius 3 is 2.65 bits per heavy atom. The number of rotatable bonds is 8. The molecule has 1 amide bonds. The van der Waals surface area contributed by atoms with Gasteiger partial charge in [0.25, 0.3) is 11.1 Å². The van der Waals surface area contributed by atoms with Crippen LogP contribution in [0.5, 0.6) is 0 Å². The lowest BCUT2D eigenvalue weighted by Gasteiger charge is -2.05. The van der Waals surface area contributed by atoms with Crippen molar-refractivity contribution in [2.75, 3.05) is 11.1 Å². The van der Waals surface area contributed by atoms with Crippen LogP contribution in [0.2, 0.25) is 0 Å². The molecule has 1 aromatic carbocycles. The van der Waals surface area contributed by atoms with E-state index in [1.54, 1.807) is 36.4 Å². The second kappa shape index (κ2) is 8.48. The first-order chi connectivity index (χ1) is 12.7. The van der Waals surface area contributed by atoms with E-state index < -0.39 is 0 Å². The highest BCUT2D eigenvalue weighted by molar-refractivity contribution is 7.99. The van der Waals surface area contributed by atoms with Gasteiger partial charge in [-0.3, -0.25) is 9.59 Å². The Bertz CT molecular complexity index is 872. The Hall–Kier alpha value is -2.87. The smallest absolute Gasteiger partial charge is 0.284 e. The van der Waals surface area contributed by atoms with Crippen LogP contribution >= 0.6 is 11.8 Å². The van der Waals surface area contributed by atoms with Crippen molar-refractivity contribution in [1.82, 2.24) is 10.2 Å². The molecule has 0 saturated carbocycles. The zero-order chi connectivity index (χ0) is 18.4. The van der Waals surface area contributed by atoms with Crippen LogP contribution in [0.4, 0.5) is 5.69 Å². The lowest BCUT2D eigenvalue weighted by atomic mass is 10.1. The number of anilines is 1. The second-order valence-electron chi connectivity index (χ2n) is 5.44. The number of Topliss-reactive ketones (excluding diaryl/α,β-unsaturated/α-hetero) is 1. The highest BCUT2D eigenvalue weighted by Crippen LogP contribution is 2.24. The molecule has 0 aliphatic heterocycles. The molecular weight excluding hydrogens is 354 g/mol. The van der Waals surface area contributed by atoms with Gasteiger partial charge in [0.05, 0.1) is 12.0 Å². The zero-order valence-electron chi connectivity index (χ0n) is 14.1. The van der Waals surface area contributed by atoms with E-state index >= 15 is 0 Å². The van der Waals surface area contributed by atoms with Crippen molar-refractivity contribution in [3.8, 4) is 11.7 Å². The maximum absolute atomic E-state index is 12.3. The van der Waals surface area contributed by atoms with Crippen LogP contribution < -0.4 is 5.32 Å². The summed E-state index contributed by atoms with van der Waals surface area (Å²) in [6, 6.07) is 10.2. The van der Waals surface area contributed by atoms with E-state index in [0.29, 0.717) is 28.7 Å². The number of furan rings is 1. The number of carbonyl (C=O) groups excluding carboxylic acids is 2. The fourth-order valence-electron chi connectivity index (χ4n) is 2.17. The molecule has 134 valence electrons. The average Bonchev–Trinajstić information content (AvgIpc) is 3.32. The summed E-state index contributed by atoms with van der Waals surface area (Å²) in [6.45, 7) is 1.94. The standard InChI is InChI=1S/C18H17N3O4S/c1-2-4-16(23)19-13-8-6-12(7-9-13)14(22)11-26-18-21-20-17(25-18)15-5-3-10-24-15/h3,5-10H,2,4,11H2,1H3,(H,19,23). The number of carbonyl (C=O) groups is 2. The first-order valence-electron chi connectivity index (χ1n) is 8.09. The molecule has 3 aromatic rings. The van der Waals surface area contributed by atoms with Gasteiger partial charge < -0.3 is 14.2 Å². The number of benzene rings is 1. The van der Waals surface area contributed by atoms with Crippen molar-refractivity contribution >= 4 is 29.1 Å². The first-order valence-corrected chi connectivity index (χ1v) is 9.07. The number of amides is 1. The van der Waals surface area contributed by atoms with Gasteiger partial charge in [0.2, 0.25) is 5.91 Å². The topological polar surface area (TPSA) is 98.2 Å². The molecule has 26 heavy (non-hydrogen) atoms. The minimum atomic E-state index is -0.0702. The quantitative estimate of drug-likeness (QED) is 0.471. The van der Waals surface area contributed by atoms with E-state index in [9.17, 15) is 9.59 Å². The lowest BCUT2D eigenvalue weighted by molar-refractivity contribution is -0.116. The van der Waals surface area contributed by atoms with Gasteiger partial charge in [0.15, 0.2) is 11.5 Å². The molecule has 8 heteroatoms. The highest BCUT2D eigenvalue weighted by atomic mass is 32.2. The van der Waals surface area contributed by atoms with Crippen molar-refractivity contribution in [3.63, 3.8) is 0 Å². The van der Waals surface area contributed by atoms with Gasteiger partial charge >= 0.3 is 0 Å². The van der Waals surface area contributed by atoms with Crippen molar-refractivity contribution in [2.24, 2.45) is 0 Å². The summed E-state index contributed by atoms with van der Waals surface area (Å²) in [5.74, 6) is 0.819. The molecule has 0 saturated heterocycles. The van der Waals surface area contributed by atoms with Crippen LogP contribution in [-0.4, -0.2) is 27.6 Å². The Kier molecular flexibility index (Phi) is 5.85. The van der Waals surface area contributed by atoms with Crippen LogP contribution in [-0.2, 0) is 4.79 Å². The molecule has 0 fully saturated rings. The van der Waals surface area contributed by atoms with Crippen molar-refractivity contribution in [3.05, 3.63) is 48.2 Å². The van der Waals surface area contributed by atoms with Gasteiger partial charge in [-0.1, -0.05) is 18.7 Å². The summed E-state index contributed by atoms with van der Waals surface area (Å²) in [6.07, 6.45) is 2.78. The van der Waals surface area contributed by atoms with Crippen molar-refractivity contribution < 1.29 is 18.4 Å². The van der Waals surface area contributed by atoms with Crippen molar-refractivity contribution in [1.29, 1.82) is 0 Å². The lowest BCUT2D eigenvalue weighted by Crippen LogP contribution is -2.10. The molecule has 2 aromatic heterocycles. The van der Waals surface area contributed by atoms with E-state index in [1.165, 1.54) is 6.26 Å². The van der Waals surface area contributed by atoms with E-state index in [4.69, 9.17) is 8.83 Å². The molecule has 0 unspecified atom stereocenters. The first kappa shape index (κ1) is 17.9. The van der Waals surface area contributed by atoms with E-state index in [1.807, 2.05) is 6.92 Å². The predicted molar refractivity (Wildman–Crippen MR) is 97.0 cm³/mol. The van der Waals surface area contributed by atoms with Gasteiger partial charge in [0.1, 0.15) is 0 Å². The van der Waals surface area contributed by atoms with Crippen LogP contribution in [0.25, 0.3) is 11.7 Å². The molecule has 0 atom stereocenters. The number of aromatic nitrogens is 2. The number of nitrogens with one attached hydrogen (secondary N) is 1. The third kappa shape index (κ3) is 4.60. The minimum absolute atomic E-state index is 0.0362. The fraction of sp³-hybridized carbons (Fsp3) is 0.222. The largest absolute Gasteiger partial charge is 0.459 e. The average molecular weight is 371 g/mol. The third-order valence-corrected chi connectivity index (χ3v) is 4.25. The number of hydrogen-bond acceptors (Lipinski definition) is 7. The molecular formula is C18H17N3O4S. The molecule has 3 rings (SSSR count). The van der Waals surface area contributed by atoms with Crippen molar-refractivity contribution in [2.45, 2.75) is 25.0 Å². The molecule has 0 bridgehead atoms. The van der Waals surface area contributed by atoms with Gasteiger partial charge in [-0.15, -0.1) is 10.2 Å². The number of ketones is 1. The Morgan fingerprint density at radius 2 is 1.96 bits per heavy atom. The van der Waals surface area contributed by atoms with E-state index in [2.05, 4.69) is 15.5 Å². The van der Waals surface area contributed by atoms with Crippen LogP contribution in [0.1, 0.15) is 30.1 Å². The fourth-order valence-corrected chi connectivity index (χ4v) is 2.83. The van der Waals surface area contributed by atoms with Crippen LogP contribution in [0.3, 0.4) is 0 Å². The molecule has 0 aliphatic carbocycles. The molecule has 0 spiro atoms. The monoisotopic (exact) mass is 371 g/mol.